The number of pyridine rings is 2. The highest BCUT2D eigenvalue weighted by molar-refractivity contribution is 6.29. The van der Waals surface area contributed by atoms with E-state index in [-0.39, 0.29) is 0 Å². The molecule has 0 unspecified atom stereocenters. The second kappa shape index (κ2) is 4.41. The Bertz CT molecular complexity index is 469. The molecule has 2 aromatic rings. The van der Waals surface area contributed by atoms with Crippen LogP contribution >= 0.6 is 11.6 Å². The van der Waals surface area contributed by atoms with Gasteiger partial charge in [-0.25, -0.2) is 4.98 Å². The lowest BCUT2D eigenvalue weighted by atomic mass is 10.1. The largest absolute Gasteiger partial charge is 0.261 e. The predicted octanol–water partition coefficient (Wildman–Crippen LogP) is 3.36. The molecule has 0 saturated carbocycles. The predicted molar refractivity (Wildman–Crippen MR) is 61.9 cm³/mol. The van der Waals surface area contributed by atoms with Gasteiger partial charge in [-0.05, 0) is 30.7 Å². The Balaban J connectivity index is 2.44. The molecule has 15 heavy (non-hydrogen) atoms. The molecule has 0 aliphatic heterocycles. The summed E-state index contributed by atoms with van der Waals surface area (Å²) in [5.74, 6) is 0. The van der Waals surface area contributed by atoms with E-state index in [9.17, 15) is 0 Å². The monoisotopic (exact) mass is 218 g/mol. The van der Waals surface area contributed by atoms with Crippen molar-refractivity contribution in [2.24, 2.45) is 0 Å². The molecule has 3 heteroatoms. The molecular formula is C12H11ClN2. The van der Waals surface area contributed by atoms with Gasteiger partial charge in [-0.15, -0.1) is 0 Å². The van der Waals surface area contributed by atoms with E-state index >= 15 is 0 Å². The molecule has 2 heterocycles. The minimum absolute atomic E-state index is 0.516. The van der Waals surface area contributed by atoms with Crippen molar-refractivity contribution in [2.45, 2.75) is 13.3 Å². The lowest BCUT2D eigenvalue weighted by Gasteiger charge is -2.02. The summed E-state index contributed by atoms with van der Waals surface area (Å²) in [5, 5.41) is 0.516. The fourth-order valence-corrected chi connectivity index (χ4v) is 1.56. The molecule has 0 N–H and O–H groups in total. The van der Waals surface area contributed by atoms with Crippen molar-refractivity contribution in [3.63, 3.8) is 0 Å². The van der Waals surface area contributed by atoms with Gasteiger partial charge in [0, 0.05) is 17.5 Å². The van der Waals surface area contributed by atoms with Crippen molar-refractivity contribution in [1.29, 1.82) is 0 Å². The van der Waals surface area contributed by atoms with Crippen LogP contribution in [0.2, 0.25) is 5.15 Å². The molecule has 0 saturated heterocycles. The number of rotatable bonds is 2. The van der Waals surface area contributed by atoms with E-state index in [0.717, 1.165) is 23.4 Å². The Morgan fingerprint density at radius 1 is 1.27 bits per heavy atom. The maximum atomic E-state index is 5.84. The topological polar surface area (TPSA) is 25.8 Å². The summed E-state index contributed by atoms with van der Waals surface area (Å²) < 4.78 is 0. The molecule has 0 aliphatic rings. The van der Waals surface area contributed by atoms with E-state index in [0.29, 0.717) is 5.15 Å². The summed E-state index contributed by atoms with van der Waals surface area (Å²) in [6, 6.07) is 9.60. The van der Waals surface area contributed by atoms with Gasteiger partial charge in [0.25, 0.3) is 0 Å². The minimum Gasteiger partial charge on any atom is -0.261 e. The minimum atomic E-state index is 0.516. The van der Waals surface area contributed by atoms with Gasteiger partial charge in [-0.1, -0.05) is 24.6 Å². The van der Waals surface area contributed by atoms with Crippen molar-refractivity contribution in [3.8, 4) is 11.3 Å². The molecule has 0 aliphatic carbocycles. The third-order valence-electron chi connectivity index (χ3n) is 2.19. The van der Waals surface area contributed by atoms with E-state index in [4.69, 9.17) is 11.6 Å². The first kappa shape index (κ1) is 10.1. The van der Waals surface area contributed by atoms with Gasteiger partial charge in [0.15, 0.2) is 0 Å². The second-order valence-corrected chi connectivity index (χ2v) is 3.62. The fraction of sp³-hybridized carbons (Fsp3) is 0.167. The van der Waals surface area contributed by atoms with Gasteiger partial charge in [-0.2, -0.15) is 0 Å². The molecule has 0 aromatic carbocycles. The van der Waals surface area contributed by atoms with Crippen LogP contribution in [-0.4, -0.2) is 9.97 Å². The number of aromatic nitrogens is 2. The van der Waals surface area contributed by atoms with Crippen LogP contribution in [0.5, 0.6) is 0 Å². The molecule has 2 rings (SSSR count). The molecular weight excluding hydrogens is 208 g/mol. The molecule has 2 nitrogen and oxygen atoms in total. The standard InChI is InChI=1S/C12H11ClN2/c1-2-10-8-9(6-7-14-10)11-4-3-5-12(13)15-11/h3-8H,2H2,1H3. The fourth-order valence-electron chi connectivity index (χ4n) is 1.40. The summed E-state index contributed by atoms with van der Waals surface area (Å²) in [4.78, 5) is 8.50. The average molecular weight is 219 g/mol. The third kappa shape index (κ3) is 2.34. The van der Waals surface area contributed by atoms with Gasteiger partial charge in [0.1, 0.15) is 5.15 Å². The molecule has 0 bridgehead atoms. The van der Waals surface area contributed by atoms with Crippen LogP contribution in [0, 0.1) is 0 Å². The van der Waals surface area contributed by atoms with Gasteiger partial charge in [0.2, 0.25) is 0 Å². The van der Waals surface area contributed by atoms with Crippen molar-refractivity contribution < 1.29 is 0 Å². The van der Waals surface area contributed by atoms with E-state index in [1.807, 2.05) is 24.3 Å². The molecule has 0 spiro atoms. The number of hydrogen-bond donors (Lipinski definition) is 0. The maximum Gasteiger partial charge on any atom is 0.129 e. The quantitative estimate of drug-likeness (QED) is 0.723. The first-order chi connectivity index (χ1) is 7.29. The van der Waals surface area contributed by atoms with Gasteiger partial charge in [0.05, 0.1) is 5.69 Å². The lowest BCUT2D eigenvalue weighted by Crippen LogP contribution is -1.89. The van der Waals surface area contributed by atoms with Crippen molar-refractivity contribution in [3.05, 3.63) is 47.4 Å². The highest BCUT2D eigenvalue weighted by atomic mass is 35.5. The summed E-state index contributed by atoms with van der Waals surface area (Å²) in [7, 11) is 0. The van der Waals surface area contributed by atoms with Crippen LogP contribution in [0.3, 0.4) is 0 Å². The molecule has 0 amide bonds. The number of aryl methyl sites for hydroxylation is 1. The Labute approximate surface area is 94.0 Å². The summed E-state index contributed by atoms with van der Waals surface area (Å²) in [5.41, 5.74) is 3.01. The Kier molecular flexibility index (Phi) is 2.97. The maximum absolute atomic E-state index is 5.84. The first-order valence-electron chi connectivity index (χ1n) is 4.87. The molecule has 0 fully saturated rings. The normalized spacial score (nSPS) is 10.3. The van der Waals surface area contributed by atoms with E-state index in [1.165, 1.54) is 0 Å². The van der Waals surface area contributed by atoms with Crippen LogP contribution in [0.15, 0.2) is 36.5 Å². The zero-order valence-electron chi connectivity index (χ0n) is 8.44. The second-order valence-electron chi connectivity index (χ2n) is 3.23. The summed E-state index contributed by atoms with van der Waals surface area (Å²) in [6.45, 7) is 2.08. The highest BCUT2D eigenvalue weighted by Crippen LogP contribution is 2.19. The third-order valence-corrected chi connectivity index (χ3v) is 2.40. The molecule has 76 valence electrons. The Morgan fingerprint density at radius 3 is 2.87 bits per heavy atom. The molecule has 0 atom stereocenters. The first-order valence-corrected chi connectivity index (χ1v) is 5.25. The number of halogens is 1. The van der Waals surface area contributed by atoms with Gasteiger partial charge >= 0.3 is 0 Å². The van der Waals surface area contributed by atoms with E-state index in [2.05, 4.69) is 16.9 Å². The van der Waals surface area contributed by atoms with E-state index < -0.39 is 0 Å². The highest BCUT2D eigenvalue weighted by Gasteiger charge is 2.01. The summed E-state index contributed by atoms with van der Waals surface area (Å²) in [6.07, 6.45) is 2.73. The van der Waals surface area contributed by atoms with E-state index in [1.54, 1.807) is 12.3 Å². The smallest absolute Gasteiger partial charge is 0.129 e. The van der Waals surface area contributed by atoms with Crippen LogP contribution in [0.4, 0.5) is 0 Å². The zero-order chi connectivity index (χ0) is 10.7. The molecule has 2 aromatic heterocycles. The van der Waals surface area contributed by atoms with Crippen LogP contribution in [-0.2, 0) is 6.42 Å². The SMILES string of the molecule is CCc1cc(-c2cccc(Cl)n2)ccn1. The van der Waals surface area contributed by atoms with Gasteiger partial charge in [-0.3, -0.25) is 4.98 Å². The van der Waals surface area contributed by atoms with Crippen LogP contribution in [0.25, 0.3) is 11.3 Å². The molecule has 0 radical (unpaired) electrons. The zero-order valence-corrected chi connectivity index (χ0v) is 9.20. The van der Waals surface area contributed by atoms with Crippen molar-refractivity contribution in [1.82, 2.24) is 9.97 Å². The van der Waals surface area contributed by atoms with Gasteiger partial charge < -0.3 is 0 Å². The summed E-state index contributed by atoms with van der Waals surface area (Å²) >= 11 is 5.84. The number of nitrogens with zero attached hydrogens (tertiary/aromatic N) is 2. The van der Waals surface area contributed by atoms with Crippen LogP contribution in [0.1, 0.15) is 12.6 Å². The van der Waals surface area contributed by atoms with Crippen molar-refractivity contribution in [2.75, 3.05) is 0 Å². The average Bonchev–Trinajstić information content (AvgIpc) is 2.29. The van der Waals surface area contributed by atoms with Crippen LogP contribution < -0.4 is 0 Å². The number of hydrogen-bond acceptors (Lipinski definition) is 2. The Hall–Kier alpha value is -1.41. The lowest BCUT2D eigenvalue weighted by molar-refractivity contribution is 1.04. The Morgan fingerprint density at radius 2 is 2.13 bits per heavy atom. The van der Waals surface area contributed by atoms with Crippen molar-refractivity contribution >= 4 is 11.6 Å².